The number of aryl methyl sites for hydroxylation is 2. The zero-order chi connectivity index (χ0) is 14.8. The number of hydrogen-bond acceptors (Lipinski definition) is 6. The Labute approximate surface area is 137 Å². The monoisotopic (exact) mass is 396 g/mol. The van der Waals surface area contributed by atoms with E-state index in [1.807, 2.05) is 25.5 Å². The fraction of sp³-hybridized carbons (Fsp3) is 0.429. The molecule has 21 heavy (non-hydrogen) atoms. The molecular weight excluding hydrogens is 379 g/mol. The molecule has 0 saturated carbocycles. The van der Waals surface area contributed by atoms with E-state index in [-0.39, 0.29) is 0 Å². The third kappa shape index (κ3) is 3.22. The highest BCUT2D eigenvalue weighted by Crippen LogP contribution is 2.19. The molecule has 2 aromatic rings. The van der Waals surface area contributed by atoms with Crippen molar-refractivity contribution in [3.05, 3.63) is 33.5 Å². The van der Waals surface area contributed by atoms with E-state index in [2.05, 4.69) is 59.3 Å². The molecule has 7 heteroatoms. The van der Waals surface area contributed by atoms with E-state index < -0.39 is 0 Å². The summed E-state index contributed by atoms with van der Waals surface area (Å²) in [6.45, 7) is 7.65. The number of rotatable bonds is 2. The maximum atomic E-state index is 4.57. The van der Waals surface area contributed by atoms with Crippen molar-refractivity contribution in [1.29, 1.82) is 0 Å². The molecule has 3 heterocycles. The molecule has 110 valence electrons. The summed E-state index contributed by atoms with van der Waals surface area (Å²) in [7, 11) is 0. The van der Waals surface area contributed by atoms with Gasteiger partial charge in [-0.1, -0.05) is 0 Å². The fourth-order valence-corrected chi connectivity index (χ4v) is 2.70. The van der Waals surface area contributed by atoms with Crippen molar-refractivity contribution < 1.29 is 0 Å². The molecule has 0 atom stereocenters. The van der Waals surface area contributed by atoms with Gasteiger partial charge in [0.05, 0.1) is 0 Å². The third-order valence-corrected chi connectivity index (χ3v) is 4.09. The van der Waals surface area contributed by atoms with Crippen LogP contribution in [-0.2, 0) is 0 Å². The van der Waals surface area contributed by atoms with E-state index in [0.29, 0.717) is 0 Å². The van der Waals surface area contributed by atoms with E-state index in [1.165, 1.54) is 0 Å². The maximum absolute atomic E-state index is 4.57. The third-order valence-electron chi connectivity index (χ3n) is 3.53. The summed E-state index contributed by atoms with van der Waals surface area (Å²) in [5, 5.41) is 0. The standard InChI is InChI=1S/C14H17IN6/c1-10-7-16-11(2)19-13(10)20-3-5-21(6-4-20)14-17-8-12(15)9-18-14/h7-9H,3-6H2,1-2H3. The molecule has 0 aliphatic carbocycles. The van der Waals surface area contributed by atoms with Gasteiger partial charge in [-0.15, -0.1) is 0 Å². The average Bonchev–Trinajstić information content (AvgIpc) is 2.51. The molecule has 1 fully saturated rings. The zero-order valence-electron chi connectivity index (χ0n) is 12.1. The molecular formula is C14H17IN6. The Morgan fingerprint density at radius 1 is 0.905 bits per heavy atom. The minimum absolute atomic E-state index is 0.811. The van der Waals surface area contributed by atoms with Gasteiger partial charge in [-0.25, -0.2) is 19.9 Å². The van der Waals surface area contributed by atoms with Gasteiger partial charge in [0.15, 0.2) is 0 Å². The number of aromatic nitrogens is 4. The highest BCUT2D eigenvalue weighted by molar-refractivity contribution is 14.1. The average molecular weight is 396 g/mol. The first-order valence-electron chi connectivity index (χ1n) is 6.91. The zero-order valence-corrected chi connectivity index (χ0v) is 14.3. The van der Waals surface area contributed by atoms with Gasteiger partial charge in [-0.05, 0) is 36.4 Å². The second kappa shape index (κ2) is 6.08. The van der Waals surface area contributed by atoms with Gasteiger partial charge in [0.25, 0.3) is 0 Å². The van der Waals surface area contributed by atoms with Gasteiger partial charge in [-0.2, -0.15) is 0 Å². The topological polar surface area (TPSA) is 58.0 Å². The molecule has 0 aromatic carbocycles. The van der Waals surface area contributed by atoms with Crippen LogP contribution in [0.5, 0.6) is 0 Å². The molecule has 3 rings (SSSR count). The van der Waals surface area contributed by atoms with Crippen LogP contribution in [0.2, 0.25) is 0 Å². The molecule has 6 nitrogen and oxygen atoms in total. The lowest BCUT2D eigenvalue weighted by atomic mass is 10.2. The summed E-state index contributed by atoms with van der Waals surface area (Å²) in [5.41, 5.74) is 1.12. The van der Waals surface area contributed by atoms with E-state index in [1.54, 1.807) is 0 Å². The first kappa shape index (κ1) is 14.4. The quantitative estimate of drug-likeness (QED) is 0.722. The lowest BCUT2D eigenvalue weighted by Crippen LogP contribution is -2.47. The van der Waals surface area contributed by atoms with Crippen LogP contribution in [0, 0.1) is 17.4 Å². The van der Waals surface area contributed by atoms with Gasteiger partial charge >= 0.3 is 0 Å². The van der Waals surface area contributed by atoms with Crippen molar-refractivity contribution in [3.63, 3.8) is 0 Å². The largest absolute Gasteiger partial charge is 0.353 e. The van der Waals surface area contributed by atoms with E-state index >= 15 is 0 Å². The summed E-state index contributed by atoms with van der Waals surface area (Å²) < 4.78 is 1.06. The molecule has 0 spiro atoms. The molecule has 0 N–H and O–H groups in total. The van der Waals surface area contributed by atoms with E-state index in [4.69, 9.17) is 0 Å². The Bertz CT molecular complexity index is 622. The van der Waals surface area contributed by atoms with Crippen LogP contribution < -0.4 is 9.80 Å². The Balaban J connectivity index is 1.70. The minimum Gasteiger partial charge on any atom is -0.353 e. The van der Waals surface area contributed by atoms with Crippen LogP contribution >= 0.6 is 22.6 Å². The van der Waals surface area contributed by atoms with Crippen LogP contribution in [0.15, 0.2) is 18.6 Å². The first-order chi connectivity index (χ1) is 10.1. The van der Waals surface area contributed by atoms with Crippen molar-refractivity contribution >= 4 is 34.4 Å². The Morgan fingerprint density at radius 2 is 1.52 bits per heavy atom. The number of nitrogens with zero attached hydrogens (tertiary/aromatic N) is 6. The van der Waals surface area contributed by atoms with Crippen molar-refractivity contribution in [3.8, 4) is 0 Å². The van der Waals surface area contributed by atoms with Crippen molar-refractivity contribution in [2.24, 2.45) is 0 Å². The highest BCUT2D eigenvalue weighted by Gasteiger charge is 2.21. The smallest absolute Gasteiger partial charge is 0.225 e. The lowest BCUT2D eigenvalue weighted by Gasteiger charge is -2.35. The normalized spacial score (nSPS) is 15.4. The Hall–Kier alpha value is -1.51. The lowest BCUT2D eigenvalue weighted by molar-refractivity contribution is 0.631. The molecule has 0 amide bonds. The summed E-state index contributed by atoms with van der Waals surface area (Å²) in [6.07, 6.45) is 5.60. The fourth-order valence-electron chi connectivity index (χ4n) is 2.43. The summed E-state index contributed by atoms with van der Waals surface area (Å²) in [4.78, 5) is 22.1. The molecule has 1 saturated heterocycles. The van der Waals surface area contributed by atoms with E-state index in [0.717, 1.165) is 52.9 Å². The predicted molar refractivity (Wildman–Crippen MR) is 90.7 cm³/mol. The SMILES string of the molecule is Cc1ncc(C)c(N2CCN(c3ncc(I)cn3)CC2)n1. The second-order valence-corrected chi connectivity index (χ2v) is 6.34. The van der Waals surface area contributed by atoms with Crippen molar-refractivity contribution in [2.45, 2.75) is 13.8 Å². The summed E-state index contributed by atoms with van der Waals surface area (Å²) in [5.74, 6) is 2.68. The van der Waals surface area contributed by atoms with Crippen LogP contribution in [0.3, 0.4) is 0 Å². The number of halogens is 1. The highest BCUT2D eigenvalue weighted by atomic mass is 127. The van der Waals surface area contributed by atoms with Crippen LogP contribution in [-0.4, -0.2) is 46.1 Å². The van der Waals surface area contributed by atoms with Gasteiger partial charge in [0.1, 0.15) is 11.6 Å². The number of piperazine rings is 1. The molecule has 1 aliphatic heterocycles. The maximum Gasteiger partial charge on any atom is 0.225 e. The van der Waals surface area contributed by atoms with Gasteiger partial charge in [0.2, 0.25) is 5.95 Å². The molecule has 0 radical (unpaired) electrons. The van der Waals surface area contributed by atoms with Gasteiger partial charge < -0.3 is 9.80 Å². The van der Waals surface area contributed by atoms with Gasteiger partial charge in [-0.3, -0.25) is 0 Å². The molecule has 1 aliphatic rings. The molecule has 0 bridgehead atoms. The Morgan fingerprint density at radius 3 is 2.19 bits per heavy atom. The van der Waals surface area contributed by atoms with Crippen LogP contribution in [0.25, 0.3) is 0 Å². The van der Waals surface area contributed by atoms with Gasteiger partial charge in [0, 0.05) is 53.9 Å². The molecule has 0 unspecified atom stereocenters. The number of hydrogen-bond donors (Lipinski definition) is 0. The number of anilines is 2. The summed E-state index contributed by atoms with van der Waals surface area (Å²) in [6, 6.07) is 0. The second-order valence-electron chi connectivity index (χ2n) is 5.10. The van der Waals surface area contributed by atoms with Crippen LogP contribution in [0.1, 0.15) is 11.4 Å². The van der Waals surface area contributed by atoms with Crippen molar-refractivity contribution in [1.82, 2.24) is 19.9 Å². The van der Waals surface area contributed by atoms with Crippen molar-refractivity contribution in [2.75, 3.05) is 36.0 Å². The van der Waals surface area contributed by atoms with Crippen LogP contribution in [0.4, 0.5) is 11.8 Å². The summed E-state index contributed by atoms with van der Waals surface area (Å²) >= 11 is 2.22. The molecule has 2 aromatic heterocycles. The van der Waals surface area contributed by atoms with E-state index in [9.17, 15) is 0 Å². The first-order valence-corrected chi connectivity index (χ1v) is 7.99. The Kier molecular flexibility index (Phi) is 4.18. The minimum atomic E-state index is 0.811. The predicted octanol–water partition coefficient (Wildman–Crippen LogP) is 1.81.